The molecule has 0 aromatic rings. The van der Waals surface area contributed by atoms with Crippen LogP contribution >= 0.6 is 0 Å². The van der Waals surface area contributed by atoms with Crippen molar-refractivity contribution in [2.45, 2.75) is 25.7 Å². The lowest BCUT2D eigenvalue weighted by Gasteiger charge is -2.29. The summed E-state index contributed by atoms with van der Waals surface area (Å²) in [5.41, 5.74) is 0. The highest BCUT2D eigenvalue weighted by atomic mass is 32.2. The van der Waals surface area contributed by atoms with Gasteiger partial charge >= 0.3 is 0 Å². The summed E-state index contributed by atoms with van der Waals surface area (Å²) >= 11 is 0. The van der Waals surface area contributed by atoms with E-state index in [1.807, 2.05) is 7.05 Å². The third-order valence-corrected chi connectivity index (χ3v) is 4.84. The van der Waals surface area contributed by atoms with E-state index in [9.17, 15) is 8.42 Å². The Bertz CT molecular complexity index is 319. The van der Waals surface area contributed by atoms with Gasteiger partial charge in [-0.1, -0.05) is 0 Å². The second kappa shape index (κ2) is 8.09. The van der Waals surface area contributed by atoms with Crippen molar-refractivity contribution in [1.82, 2.24) is 14.9 Å². The molecule has 0 aromatic carbocycles. The third-order valence-electron chi connectivity index (χ3n) is 3.40. The van der Waals surface area contributed by atoms with Crippen LogP contribution in [0.15, 0.2) is 0 Å². The lowest BCUT2D eigenvalue weighted by Crippen LogP contribution is -2.39. The van der Waals surface area contributed by atoms with Crippen LogP contribution in [0.25, 0.3) is 0 Å². The van der Waals surface area contributed by atoms with Crippen molar-refractivity contribution in [3.05, 3.63) is 0 Å². The Hall–Kier alpha value is -0.170. The summed E-state index contributed by atoms with van der Waals surface area (Å²) in [5.74, 6) is 0.716. The molecule has 0 aliphatic carbocycles. The predicted octanol–water partition coefficient (Wildman–Crippen LogP) is 0.247. The lowest BCUT2D eigenvalue weighted by molar-refractivity contribution is 0.211. The van der Waals surface area contributed by atoms with E-state index in [1.54, 1.807) is 0 Å². The molecule has 1 unspecified atom stereocenters. The fourth-order valence-electron chi connectivity index (χ4n) is 2.35. The zero-order valence-electron chi connectivity index (χ0n) is 11.6. The Balaban J connectivity index is 2.19. The maximum atomic E-state index is 11.8. The van der Waals surface area contributed by atoms with Crippen LogP contribution in [0.3, 0.4) is 0 Å². The number of unbranched alkanes of at least 4 members (excludes halogenated alkanes) is 1. The summed E-state index contributed by atoms with van der Waals surface area (Å²) in [6, 6.07) is 0. The maximum Gasteiger partial charge on any atom is 0.211 e. The zero-order chi connectivity index (χ0) is 13.4. The zero-order valence-corrected chi connectivity index (χ0v) is 12.4. The Morgan fingerprint density at radius 2 is 2.11 bits per heavy atom. The van der Waals surface area contributed by atoms with Gasteiger partial charge in [-0.05, 0) is 58.8 Å². The third kappa shape index (κ3) is 6.68. The van der Waals surface area contributed by atoms with Gasteiger partial charge in [0.25, 0.3) is 0 Å². The van der Waals surface area contributed by atoms with E-state index in [1.165, 1.54) is 6.42 Å². The molecule has 2 N–H and O–H groups in total. The molecule has 1 atom stereocenters. The molecular formula is C12H27N3O2S. The number of nitrogens with zero attached hydrogens (tertiary/aromatic N) is 1. The number of nitrogens with one attached hydrogen (secondary N) is 2. The van der Waals surface area contributed by atoms with Gasteiger partial charge in [-0.2, -0.15) is 0 Å². The summed E-state index contributed by atoms with van der Waals surface area (Å²) in [7, 11) is 0.902. The van der Waals surface area contributed by atoms with Crippen molar-refractivity contribution >= 4 is 10.0 Å². The average Bonchev–Trinajstić information content (AvgIpc) is 2.33. The minimum absolute atomic E-state index is 0.247. The first kappa shape index (κ1) is 15.9. The van der Waals surface area contributed by atoms with Crippen LogP contribution in [0.1, 0.15) is 25.7 Å². The summed E-state index contributed by atoms with van der Waals surface area (Å²) < 4.78 is 26.3. The second-order valence-electron chi connectivity index (χ2n) is 5.25. The van der Waals surface area contributed by atoms with Crippen LogP contribution < -0.4 is 10.0 Å². The summed E-state index contributed by atoms with van der Waals surface area (Å²) in [6.45, 7) is 3.61. The molecule has 6 heteroatoms. The Labute approximate surface area is 111 Å². The highest BCUT2D eigenvalue weighted by molar-refractivity contribution is 7.89. The van der Waals surface area contributed by atoms with E-state index in [0.717, 1.165) is 38.9 Å². The molecule has 0 bridgehead atoms. The van der Waals surface area contributed by atoms with Crippen molar-refractivity contribution in [2.24, 2.45) is 5.92 Å². The largest absolute Gasteiger partial charge is 0.320 e. The van der Waals surface area contributed by atoms with Crippen molar-refractivity contribution in [3.8, 4) is 0 Å². The molecule has 0 radical (unpaired) electrons. The van der Waals surface area contributed by atoms with Crippen LogP contribution in [0.2, 0.25) is 0 Å². The Morgan fingerprint density at radius 3 is 2.78 bits per heavy atom. The van der Waals surface area contributed by atoms with Gasteiger partial charge in [0.1, 0.15) is 0 Å². The lowest BCUT2D eigenvalue weighted by atomic mass is 9.99. The van der Waals surface area contributed by atoms with Gasteiger partial charge in [0.15, 0.2) is 0 Å². The molecule has 1 fully saturated rings. The van der Waals surface area contributed by atoms with Gasteiger partial charge in [0.05, 0.1) is 5.75 Å². The summed E-state index contributed by atoms with van der Waals surface area (Å²) in [4.78, 5) is 2.27. The summed E-state index contributed by atoms with van der Waals surface area (Å²) in [5, 5.41) is 3.02. The van der Waals surface area contributed by atoms with E-state index in [0.29, 0.717) is 12.5 Å². The summed E-state index contributed by atoms with van der Waals surface area (Å²) in [6.07, 6.45) is 3.93. The first-order valence-electron chi connectivity index (χ1n) is 6.84. The molecule has 18 heavy (non-hydrogen) atoms. The molecule has 108 valence electrons. The molecule has 1 heterocycles. The number of sulfonamides is 1. The standard InChI is InChI=1S/C12H27N3O2S/c1-13-7-3-4-9-18(16,17)14-10-12-6-5-8-15(2)11-12/h12-14H,3-11H2,1-2H3. The first-order chi connectivity index (χ1) is 8.53. The smallest absolute Gasteiger partial charge is 0.211 e. The fraction of sp³-hybridized carbons (Fsp3) is 1.00. The highest BCUT2D eigenvalue weighted by Crippen LogP contribution is 2.14. The number of rotatable bonds is 8. The van der Waals surface area contributed by atoms with Crippen molar-refractivity contribution < 1.29 is 8.42 Å². The number of hydrogen-bond donors (Lipinski definition) is 2. The van der Waals surface area contributed by atoms with Gasteiger partial charge in [-0.25, -0.2) is 13.1 Å². The minimum atomic E-state index is -3.08. The predicted molar refractivity (Wildman–Crippen MR) is 75.2 cm³/mol. The van der Waals surface area contributed by atoms with Gasteiger partial charge in [0, 0.05) is 13.1 Å². The highest BCUT2D eigenvalue weighted by Gasteiger charge is 2.19. The maximum absolute atomic E-state index is 11.8. The molecule has 1 rings (SSSR count). The van der Waals surface area contributed by atoms with Crippen molar-refractivity contribution in [1.29, 1.82) is 0 Å². The van der Waals surface area contributed by atoms with Gasteiger partial charge in [-0.15, -0.1) is 0 Å². The second-order valence-corrected chi connectivity index (χ2v) is 7.17. The Morgan fingerprint density at radius 1 is 1.33 bits per heavy atom. The van der Waals surface area contributed by atoms with Crippen LogP contribution in [-0.4, -0.2) is 59.3 Å². The first-order valence-corrected chi connectivity index (χ1v) is 8.49. The number of piperidine rings is 1. The molecule has 0 saturated carbocycles. The monoisotopic (exact) mass is 277 g/mol. The van der Waals surface area contributed by atoms with E-state index in [-0.39, 0.29) is 5.75 Å². The van der Waals surface area contributed by atoms with E-state index >= 15 is 0 Å². The molecule has 0 spiro atoms. The number of likely N-dealkylation sites (tertiary alicyclic amines) is 1. The van der Waals surface area contributed by atoms with E-state index < -0.39 is 10.0 Å². The molecule has 5 nitrogen and oxygen atoms in total. The van der Waals surface area contributed by atoms with Gasteiger partial charge in [-0.3, -0.25) is 0 Å². The molecule has 0 amide bonds. The van der Waals surface area contributed by atoms with Crippen LogP contribution in [0, 0.1) is 5.92 Å². The normalized spacial score (nSPS) is 22.2. The SMILES string of the molecule is CNCCCCS(=O)(=O)NCC1CCCN(C)C1. The quantitative estimate of drug-likeness (QED) is 0.624. The van der Waals surface area contributed by atoms with Crippen molar-refractivity contribution in [2.75, 3.05) is 46.0 Å². The number of hydrogen-bond acceptors (Lipinski definition) is 4. The van der Waals surface area contributed by atoms with Crippen LogP contribution in [-0.2, 0) is 10.0 Å². The molecule has 0 aromatic heterocycles. The van der Waals surface area contributed by atoms with E-state index in [4.69, 9.17) is 0 Å². The topological polar surface area (TPSA) is 61.4 Å². The van der Waals surface area contributed by atoms with Gasteiger partial charge in [0.2, 0.25) is 10.0 Å². The Kier molecular flexibility index (Phi) is 7.14. The van der Waals surface area contributed by atoms with Gasteiger partial charge < -0.3 is 10.2 Å². The van der Waals surface area contributed by atoms with Crippen LogP contribution in [0.4, 0.5) is 0 Å². The van der Waals surface area contributed by atoms with E-state index in [2.05, 4.69) is 22.0 Å². The molecular weight excluding hydrogens is 250 g/mol. The van der Waals surface area contributed by atoms with Crippen LogP contribution in [0.5, 0.6) is 0 Å². The minimum Gasteiger partial charge on any atom is -0.320 e. The average molecular weight is 277 g/mol. The van der Waals surface area contributed by atoms with Crippen molar-refractivity contribution in [3.63, 3.8) is 0 Å². The fourth-order valence-corrected chi connectivity index (χ4v) is 3.57. The molecule has 1 saturated heterocycles. The molecule has 1 aliphatic rings. The molecule has 1 aliphatic heterocycles.